The Balaban J connectivity index is 2.53. The van der Waals surface area contributed by atoms with Gasteiger partial charge in [-0.2, -0.15) is 5.26 Å². The molecule has 1 aromatic heterocycles. The monoisotopic (exact) mass is 449 g/mol. The van der Waals surface area contributed by atoms with Crippen molar-refractivity contribution in [2.24, 2.45) is 0 Å². The molecule has 0 unspecified atom stereocenters. The molecule has 1 aliphatic rings. The molecular formula is C19H19N3O4S3. The van der Waals surface area contributed by atoms with Crippen molar-refractivity contribution in [3.8, 4) is 6.07 Å². The van der Waals surface area contributed by atoms with Gasteiger partial charge in [-0.1, -0.05) is 6.08 Å². The third kappa shape index (κ3) is 4.53. The highest BCUT2D eigenvalue weighted by molar-refractivity contribution is 7.97. The average molecular weight is 450 g/mol. The maximum Gasteiger partial charge on any atom is 0.265 e. The summed E-state index contributed by atoms with van der Waals surface area (Å²) in [4.78, 5) is 26.2. The molecule has 1 N–H and O–H groups in total. The summed E-state index contributed by atoms with van der Waals surface area (Å²) in [7, 11) is -3.86. The molecule has 0 atom stereocenters. The number of rotatable bonds is 5. The smallest absolute Gasteiger partial charge is 0.265 e. The van der Waals surface area contributed by atoms with E-state index in [9.17, 15) is 23.3 Å². The van der Waals surface area contributed by atoms with Crippen LogP contribution in [0.3, 0.4) is 0 Å². The summed E-state index contributed by atoms with van der Waals surface area (Å²) in [5, 5.41) is 13.5. The molecule has 0 spiro atoms. The Morgan fingerprint density at radius 1 is 1.41 bits per heavy atom. The Labute approximate surface area is 178 Å². The van der Waals surface area contributed by atoms with E-state index in [1.54, 1.807) is 17.5 Å². The van der Waals surface area contributed by atoms with Crippen LogP contribution in [-0.2, 0) is 19.4 Å². The lowest BCUT2D eigenvalue weighted by atomic mass is 10.1. The zero-order valence-electron chi connectivity index (χ0n) is 16.1. The standard InChI is InChI=1S/C19H19N3O4S3/c1-5-7-22-17(24)14(16(23)21-18(22)27)9-12-6-8-28-15(12)10-13(11-20)29(25,26)19(2,3)4/h5-6,8-10H,1,7H2,2-4H3,(H,21,23,27). The van der Waals surface area contributed by atoms with Gasteiger partial charge in [-0.25, -0.2) is 8.42 Å². The van der Waals surface area contributed by atoms with Crippen molar-refractivity contribution in [2.75, 3.05) is 6.54 Å². The molecule has 1 aliphatic heterocycles. The van der Waals surface area contributed by atoms with Gasteiger partial charge >= 0.3 is 0 Å². The maximum absolute atomic E-state index is 12.6. The molecule has 0 aliphatic carbocycles. The number of allylic oxidation sites excluding steroid dienone is 1. The van der Waals surface area contributed by atoms with Crippen molar-refractivity contribution < 1.29 is 18.0 Å². The average Bonchev–Trinajstić information content (AvgIpc) is 3.05. The molecule has 0 saturated carbocycles. The van der Waals surface area contributed by atoms with Crippen LogP contribution in [-0.4, -0.2) is 41.5 Å². The summed E-state index contributed by atoms with van der Waals surface area (Å²) in [6.07, 6.45) is 4.10. The Kier molecular flexibility index (Phi) is 6.57. The minimum atomic E-state index is -3.86. The van der Waals surface area contributed by atoms with Crippen LogP contribution in [0.4, 0.5) is 0 Å². The van der Waals surface area contributed by atoms with Crippen molar-refractivity contribution in [2.45, 2.75) is 25.5 Å². The molecule has 1 aromatic rings. The Hall–Kier alpha value is -2.61. The van der Waals surface area contributed by atoms with E-state index in [1.807, 2.05) is 0 Å². The second-order valence-corrected chi connectivity index (χ2v) is 11.0. The third-order valence-corrected chi connectivity index (χ3v) is 7.60. The summed E-state index contributed by atoms with van der Waals surface area (Å²) in [5.41, 5.74) is 0.294. The van der Waals surface area contributed by atoms with E-state index < -0.39 is 26.4 Å². The normalized spacial score (nSPS) is 17.3. The predicted molar refractivity (Wildman–Crippen MR) is 117 cm³/mol. The first-order valence-corrected chi connectivity index (χ1v) is 11.1. The quantitative estimate of drug-likeness (QED) is 0.243. The number of carbonyl (C=O) groups excluding carboxylic acids is 2. The molecule has 7 nitrogen and oxygen atoms in total. The number of thiocarbonyl (C=S) groups is 1. The van der Waals surface area contributed by atoms with Gasteiger partial charge in [0.05, 0.1) is 4.75 Å². The van der Waals surface area contributed by atoms with Crippen molar-refractivity contribution in [3.63, 3.8) is 0 Å². The van der Waals surface area contributed by atoms with E-state index in [0.717, 1.165) is 0 Å². The highest BCUT2D eigenvalue weighted by Crippen LogP contribution is 2.29. The Bertz CT molecular complexity index is 1100. The number of nitrogens with one attached hydrogen (secondary N) is 1. The molecule has 0 radical (unpaired) electrons. The van der Waals surface area contributed by atoms with Gasteiger partial charge in [0.1, 0.15) is 16.5 Å². The molecule has 152 valence electrons. The molecular weight excluding hydrogens is 430 g/mol. The van der Waals surface area contributed by atoms with Crippen LogP contribution in [0, 0.1) is 11.3 Å². The maximum atomic E-state index is 12.6. The molecule has 10 heteroatoms. The summed E-state index contributed by atoms with van der Waals surface area (Å²) in [6.45, 7) is 8.22. The summed E-state index contributed by atoms with van der Waals surface area (Å²) < 4.78 is 24.1. The van der Waals surface area contributed by atoms with Crippen LogP contribution in [0.2, 0.25) is 0 Å². The minimum absolute atomic E-state index is 0.00877. The van der Waals surface area contributed by atoms with Gasteiger partial charge in [0.15, 0.2) is 14.9 Å². The Morgan fingerprint density at radius 2 is 2.07 bits per heavy atom. The van der Waals surface area contributed by atoms with E-state index in [-0.39, 0.29) is 22.1 Å². The number of carbonyl (C=O) groups is 2. The second kappa shape index (κ2) is 8.41. The van der Waals surface area contributed by atoms with E-state index >= 15 is 0 Å². The fraction of sp³-hybridized carbons (Fsp3) is 0.263. The van der Waals surface area contributed by atoms with Crippen molar-refractivity contribution in [1.29, 1.82) is 5.26 Å². The number of amides is 2. The van der Waals surface area contributed by atoms with Gasteiger partial charge in [0.25, 0.3) is 11.8 Å². The lowest BCUT2D eigenvalue weighted by Crippen LogP contribution is -2.53. The van der Waals surface area contributed by atoms with Gasteiger partial charge in [-0.3, -0.25) is 19.8 Å². The summed E-state index contributed by atoms with van der Waals surface area (Å²) in [5.74, 6) is -1.23. The number of nitrogens with zero attached hydrogens (tertiary/aromatic N) is 2. The lowest BCUT2D eigenvalue weighted by Gasteiger charge is -2.27. The van der Waals surface area contributed by atoms with E-state index in [0.29, 0.717) is 10.4 Å². The zero-order valence-corrected chi connectivity index (χ0v) is 18.5. The fourth-order valence-electron chi connectivity index (χ4n) is 2.33. The minimum Gasteiger partial charge on any atom is -0.298 e. The Morgan fingerprint density at radius 3 is 2.62 bits per heavy atom. The lowest BCUT2D eigenvalue weighted by molar-refractivity contribution is -0.128. The van der Waals surface area contributed by atoms with Crippen LogP contribution in [0.15, 0.2) is 34.6 Å². The molecule has 1 fully saturated rings. The third-order valence-electron chi connectivity index (χ3n) is 3.99. The molecule has 0 bridgehead atoms. The summed E-state index contributed by atoms with van der Waals surface area (Å²) in [6, 6.07) is 3.37. The predicted octanol–water partition coefficient (Wildman–Crippen LogP) is 2.64. The van der Waals surface area contributed by atoms with Gasteiger partial charge in [0, 0.05) is 11.4 Å². The zero-order chi connectivity index (χ0) is 22.0. The first-order valence-electron chi connectivity index (χ1n) is 8.37. The highest BCUT2D eigenvalue weighted by atomic mass is 32.2. The van der Waals surface area contributed by atoms with Crippen LogP contribution < -0.4 is 5.32 Å². The van der Waals surface area contributed by atoms with Gasteiger partial charge in [-0.15, -0.1) is 17.9 Å². The van der Waals surface area contributed by atoms with Crippen molar-refractivity contribution in [3.05, 3.63) is 45.0 Å². The van der Waals surface area contributed by atoms with Gasteiger partial charge in [0.2, 0.25) is 0 Å². The second-order valence-electron chi connectivity index (χ2n) is 7.00. The van der Waals surface area contributed by atoms with E-state index in [1.165, 1.54) is 55.2 Å². The number of hydrogen-bond donors (Lipinski definition) is 1. The largest absolute Gasteiger partial charge is 0.298 e. The van der Waals surface area contributed by atoms with Crippen molar-refractivity contribution >= 4 is 62.5 Å². The van der Waals surface area contributed by atoms with Gasteiger partial charge < -0.3 is 0 Å². The molecule has 2 rings (SSSR count). The summed E-state index contributed by atoms with van der Waals surface area (Å²) >= 11 is 6.20. The SMILES string of the molecule is C=CCN1C(=O)C(=Cc2ccsc2C=C(C#N)S(=O)(=O)C(C)(C)C)C(=O)NC1=S. The number of thiophene rings is 1. The number of hydrogen-bond acceptors (Lipinski definition) is 7. The van der Waals surface area contributed by atoms with Crippen LogP contribution in [0.1, 0.15) is 31.2 Å². The molecule has 29 heavy (non-hydrogen) atoms. The number of sulfone groups is 1. The first-order chi connectivity index (χ1) is 13.4. The molecule has 2 heterocycles. The number of nitriles is 1. The molecule has 1 saturated heterocycles. The van der Waals surface area contributed by atoms with E-state index in [4.69, 9.17) is 12.2 Å². The van der Waals surface area contributed by atoms with Crippen LogP contribution in [0.25, 0.3) is 12.2 Å². The fourth-order valence-corrected chi connectivity index (χ4v) is 4.52. The van der Waals surface area contributed by atoms with Gasteiger partial charge in [-0.05, 0) is 62.2 Å². The molecule has 0 aromatic carbocycles. The topological polar surface area (TPSA) is 107 Å². The first kappa shape index (κ1) is 22.7. The van der Waals surface area contributed by atoms with E-state index in [2.05, 4.69) is 11.9 Å². The van der Waals surface area contributed by atoms with Crippen molar-refractivity contribution in [1.82, 2.24) is 10.2 Å². The molecule has 2 amide bonds. The highest BCUT2D eigenvalue weighted by Gasteiger charge is 2.34. The van der Waals surface area contributed by atoms with Crippen LogP contribution in [0.5, 0.6) is 0 Å². The van der Waals surface area contributed by atoms with Crippen LogP contribution >= 0.6 is 23.6 Å².